The molecule has 1 aromatic carbocycles. The van der Waals surface area contributed by atoms with Crippen LogP contribution in [0.1, 0.15) is 51.4 Å². The number of piperidine rings is 1. The zero-order chi connectivity index (χ0) is 21.8. The molecule has 1 atom stereocenters. The molecule has 2 aromatic rings. The van der Waals surface area contributed by atoms with Gasteiger partial charge < -0.3 is 20.1 Å². The Morgan fingerprint density at radius 1 is 0.969 bits per heavy atom. The molecule has 0 bridgehead atoms. The second kappa shape index (κ2) is 10.3. The van der Waals surface area contributed by atoms with Crippen molar-refractivity contribution in [2.45, 2.75) is 51.4 Å². The molecule has 1 saturated carbocycles. The van der Waals surface area contributed by atoms with Gasteiger partial charge in [-0.05, 0) is 55.8 Å². The van der Waals surface area contributed by atoms with E-state index in [9.17, 15) is 5.11 Å². The minimum Gasteiger partial charge on any atom is -0.396 e. The van der Waals surface area contributed by atoms with E-state index in [4.69, 9.17) is 4.74 Å². The summed E-state index contributed by atoms with van der Waals surface area (Å²) in [6, 6.07) is 8.49. The first-order valence-electron chi connectivity index (χ1n) is 12.7. The Morgan fingerprint density at radius 3 is 2.38 bits per heavy atom. The van der Waals surface area contributed by atoms with E-state index in [1.165, 1.54) is 37.5 Å². The van der Waals surface area contributed by atoms with E-state index in [-0.39, 0.29) is 12.5 Å². The molecule has 1 aromatic heterocycles. The molecule has 0 spiro atoms. The van der Waals surface area contributed by atoms with Crippen molar-refractivity contribution in [3.8, 4) is 0 Å². The molecule has 3 heterocycles. The summed E-state index contributed by atoms with van der Waals surface area (Å²) in [7, 11) is 0. The summed E-state index contributed by atoms with van der Waals surface area (Å²) in [6.07, 6.45) is 10.1. The van der Waals surface area contributed by atoms with Crippen LogP contribution in [0.15, 0.2) is 24.3 Å². The SMILES string of the molecule is OCC(CNc1nnc(N2CCC(C3CCC3)CC2)c2ccccc12)CC1CCOCC1. The first-order chi connectivity index (χ1) is 15.8. The van der Waals surface area contributed by atoms with Gasteiger partial charge in [-0.25, -0.2) is 0 Å². The summed E-state index contributed by atoms with van der Waals surface area (Å²) in [6.45, 7) is 4.80. The minimum atomic E-state index is 0.198. The van der Waals surface area contributed by atoms with Crippen molar-refractivity contribution in [3.63, 3.8) is 0 Å². The molecule has 0 amide bonds. The third kappa shape index (κ3) is 4.86. The molecule has 3 fully saturated rings. The number of aliphatic hydroxyl groups excluding tert-OH is 1. The first kappa shape index (κ1) is 21.9. The van der Waals surface area contributed by atoms with Gasteiger partial charge in [0.1, 0.15) is 0 Å². The monoisotopic (exact) mass is 438 g/mol. The number of anilines is 2. The van der Waals surface area contributed by atoms with E-state index in [2.05, 4.69) is 44.7 Å². The van der Waals surface area contributed by atoms with Crippen LogP contribution < -0.4 is 10.2 Å². The molecule has 6 heteroatoms. The van der Waals surface area contributed by atoms with E-state index >= 15 is 0 Å². The predicted molar refractivity (Wildman–Crippen MR) is 129 cm³/mol. The van der Waals surface area contributed by atoms with Crippen LogP contribution in [0.2, 0.25) is 0 Å². The van der Waals surface area contributed by atoms with Gasteiger partial charge in [-0.3, -0.25) is 0 Å². The Kier molecular flexibility index (Phi) is 7.08. The van der Waals surface area contributed by atoms with Crippen molar-refractivity contribution >= 4 is 22.4 Å². The molecule has 2 saturated heterocycles. The molecule has 3 aliphatic rings. The summed E-state index contributed by atoms with van der Waals surface area (Å²) in [5.41, 5.74) is 0. The van der Waals surface area contributed by atoms with Gasteiger partial charge in [-0.1, -0.05) is 43.5 Å². The number of hydrogen-bond donors (Lipinski definition) is 2. The molecule has 1 aliphatic carbocycles. The molecule has 0 radical (unpaired) electrons. The first-order valence-corrected chi connectivity index (χ1v) is 12.7. The smallest absolute Gasteiger partial charge is 0.159 e. The van der Waals surface area contributed by atoms with Gasteiger partial charge >= 0.3 is 0 Å². The van der Waals surface area contributed by atoms with Crippen molar-refractivity contribution in [1.82, 2.24) is 10.2 Å². The summed E-state index contributed by atoms with van der Waals surface area (Å²) in [4.78, 5) is 2.44. The lowest BCUT2D eigenvalue weighted by Gasteiger charge is -2.40. The third-order valence-electron chi connectivity index (χ3n) is 8.15. The number of aliphatic hydroxyl groups is 1. The fraction of sp³-hybridized carbons (Fsp3) is 0.692. The number of aromatic nitrogens is 2. The Hall–Kier alpha value is -1.92. The molecule has 2 aliphatic heterocycles. The van der Waals surface area contributed by atoms with Crippen LogP contribution in [-0.2, 0) is 4.74 Å². The van der Waals surface area contributed by atoms with E-state index in [1.54, 1.807) is 0 Å². The fourth-order valence-electron chi connectivity index (χ4n) is 5.86. The van der Waals surface area contributed by atoms with E-state index in [1.807, 2.05) is 0 Å². The van der Waals surface area contributed by atoms with Gasteiger partial charge in [-0.2, -0.15) is 0 Å². The van der Waals surface area contributed by atoms with Crippen LogP contribution in [0, 0.1) is 23.7 Å². The summed E-state index contributed by atoms with van der Waals surface area (Å²) >= 11 is 0. The Balaban J connectivity index is 1.25. The average molecular weight is 439 g/mol. The average Bonchev–Trinajstić information content (AvgIpc) is 2.82. The molecule has 1 unspecified atom stereocenters. The zero-order valence-corrected chi connectivity index (χ0v) is 19.2. The quantitative estimate of drug-likeness (QED) is 0.633. The van der Waals surface area contributed by atoms with Crippen LogP contribution >= 0.6 is 0 Å². The number of rotatable bonds is 8. The van der Waals surface area contributed by atoms with Crippen LogP contribution in [0.3, 0.4) is 0 Å². The molecule has 2 N–H and O–H groups in total. The zero-order valence-electron chi connectivity index (χ0n) is 19.2. The number of fused-ring (bicyclic) bond motifs is 1. The lowest BCUT2D eigenvalue weighted by atomic mass is 9.72. The lowest BCUT2D eigenvalue weighted by molar-refractivity contribution is 0.0550. The van der Waals surface area contributed by atoms with Crippen LogP contribution in [0.5, 0.6) is 0 Å². The predicted octanol–water partition coefficient (Wildman–Crippen LogP) is 4.48. The Bertz CT molecular complexity index is 873. The van der Waals surface area contributed by atoms with E-state index in [0.29, 0.717) is 5.92 Å². The second-order valence-corrected chi connectivity index (χ2v) is 10.2. The normalized spacial score (nSPS) is 22.1. The summed E-state index contributed by atoms with van der Waals surface area (Å²) in [5.74, 6) is 4.62. The van der Waals surface area contributed by atoms with Crippen molar-refractivity contribution in [2.75, 3.05) is 49.7 Å². The second-order valence-electron chi connectivity index (χ2n) is 10.2. The molecule has 32 heavy (non-hydrogen) atoms. The van der Waals surface area contributed by atoms with Gasteiger partial charge in [0.2, 0.25) is 0 Å². The maximum absolute atomic E-state index is 9.93. The highest BCUT2D eigenvalue weighted by Gasteiger charge is 2.31. The largest absolute Gasteiger partial charge is 0.396 e. The van der Waals surface area contributed by atoms with Crippen molar-refractivity contribution in [3.05, 3.63) is 24.3 Å². The Labute approximate surface area is 191 Å². The molecule has 6 nitrogen and oxygen atoms in total. The number of nitrogens with zero attached hydrogens (tertiary/aromatic N) is 3. The molecule has 174 valence electrons. The standard InChI is InChI=1S/C26H38N4O2/c31-18-20(16-19-10-14-32-15-11-19)17-27-25-23-6-1-2-7-24(23)26(29-28-25)30-12-8-22(9-13-30)21-4-3-5-21/h1-2,6-7,19-22,31H,3-5,8-18H2,(H,27,28). The highest BCUT2D eigenvalue weighted by molar-refractivity contribution is 5.98. The molecular weight excluding hydrogens is 400 g/mol. The van der Waals surface area contributed by atoms with E-state index < -0.39 is 0 Å². The van der Waals surface area contributed by atoms with Crippen molar-refractivity contribution in [2.24, 2.45) is 23.7 Å². The van der Waals surface area contributed by atoms with Crippen LogP contribution in [0.25, 0.3) is 10.8 Å². The number of ether oxygens (including phenoxy) is 1. The van der Waals surface area contributed by atoms with Crippen LogP contribution in [0.4, 0.5) is 11.6 Å². The number of nitrogens with one attached hydrogen (secondary N) is 1. The highest BCUT2D eigenvalue weighted by atomic mass is 16.5. The maximum atomic E-state index is 9.93. The molecule has 5 rings (SSSR count). The minimum absolute atomic E-state index is 0.198. The van der Waals surface area contributed by atoms with Gasteiger partial charge in [0.05, 0.1) is 0 Å². The van der Waals surface area contributed by atoms with Gasteiger partial charge in [-0.15, -0.1) is 10.2 Å². The number of hydrogen-bond acceptors (Lipinski definition) is 6. The van der Waals surface area contributed by atoms with Gasteiger partial charge in [0.15, 0.2) is 11.6 Å². The lowest BCUT2D eigenvalue weighted by Crippen LogP contribution is -2.38. The van der Waals surface area contributed by atoms with Crippen molar-refractivity contribution < 1.29 is 9.84 Å². The molecular formula is C26H38N4O2. The van der Waals surface area contributed by atoms with Crippen LogP contribution in [-0.4, -0.2) is 54.8 Å². The van der Waals surface area contributed by atoms with Gasteiger partial charge in [0.25, 0.3) is 0 Å². The fourth-order valence-corrected chi connectivity index (χ4v) is 5.86. The summed E-state index contributed by atoms with van der Waals surface area (Å²) < 4.78 is 5.48. The Morgan fingerprint density at radius 2 is 1.69 bits per heavy atom. The third-order valence-corrected chi connectivity index (χ3v) is 8.15. The number of benzene rings is 1. The summed E-state index contributed by atoms with van der Waals surface area (Å²) in [5, 5.41) is 25.0. The maximum Gasteiger partial charge on any atom is 0.159 e. The highest BCUT2D eigenvalue weighted by Crippen LogP contribution is 2.40. The van der Waals surface area contributed by atoms with E-state index in [0.717, 1.165) is 81.0 Å². The topological polar surface area (TPSA) is 70.5 Å². The van der Waals surface area contributed by atoms with Gasteiger partial charge in [0, 0.05) is 50.2 Å². The van der Waals surface area contributed by atoms with Crippen molar-refractivity contribution in [1.29, 1.82) is 0 Å².